The number of ether oxygens (including phenoxy) is 1. The quantitative estimate of drug-likeness (QED) is 0.525. The first-order chi connectivity index (χ1) is 15.5. The third kappa shape index (κ3) is 4.62. The van der Waals surface area contributed by atoms with Gasteiger partial charge in [0.1, 0.15) is 5.75 Å². The van der Waals surface area contributed by atoms with Crippen molar-refractivity contribution >= 4 is 23.6 Å². The first-order valence-electron chi connectivity index (χ1n) is 10.4. The van der Waals surface area contributed by atoms with Crippen molar-refractivity contribution in [3.05, 3.63) is 113 Å². The number of carbonyl (C=O) groups is 2. The zero-order chi connectivity index (χ0) is 22.5. The van der Waals surface area contributed by atoms with Crippen LogP contribution in [0.2, 0.25) is 0 Å². The van der Waals surface area contributed by atoms with Crippen LogP contribution in [0.15, 0.2) is 90.5 Å². The van der Waals surface area contributed by atoms with Crippen molar-refractivity contribution in [2.24, 2.45) is 0 Å². The molecule has 3 aromatic rings. The monoisotopic (exact) mass is 425 g/mol. The molecule has 0 saturated heterocycles. The fourth-order valence-corrected chi connectivity index (χ4v) is 3.60. The van der Waals surface area contributed by atoms with E-state index in [-0.39, 0.29) is 11.5 Å². The molecule has 160 valence electrons. The van der Waals surface area contributed by atoms with Gasteiger partial charge < -0.3 is 14.7 Å². The predicted octanol–water partition coefficient (Wildman–Crippen LogP) is 5.25. The van der Waals surface area contributed by atoms with E-state index in [1.165, 1.54) is 0 Å². The molecule has 1 N–H and O–H groups in total. The van der Waals surface area contributed by atoms with Crippen LogP contribution in [0.5, 0.6) is 5.75 Å². The van der Waals surface area contributed by atoms with Crippen LogP contribution in [0.3, 0.4) is 0 Å². The van der Waals surface area contributed by atoms with E-state index in [1.54, 1.807) is 29.2 Å². The molecule has 0 saturated carbocycles. The van der Waals surface area contributed by atoms with E-state index in [0.29, 0.717) is 18.7 Å². The molecule has 5 nitrogen and oxygen atoms in total. The molecular formula is C27H23NO4. The van der Waals surface area contributed by atoms with E-state index in [2.05, 4.69) is 0 Å². The van der Waals surface area contributed by atoms with Gasteiger partial charge >= 0.3 is 5.97 Å². The lowest BCUT2D eigenvalue weighted by molar-refractivity contribution is -0.123. The third-order valence-corrected chi connectivity index (χ3v) is 5.20. The Kier molecular flexibility index (Phi) is 6.17. The topological polar surface area (TPSA) is 66.8 Å². The van der Waals surface area contributed by atoms with Crippen molar-refractivity contribution in [1.82, 2.24) is 4.90 Å². The van der Waals surface area contributed by atoms with Gasteiger partial charge in [-0.1, -0.05) is 54.6 Å². The average Bonchev–Trinajstić information content (AvgIpc) is 3.11. The van der Waals surface area contributed by atoms with E-state index >= 15 is 0 Å². The molecular weight excluding hydrogens is 402 g/mol. The Balaban J connectivity index is 1.65. The lowest BCUT2D eigenvalue weighted by Crippen LogP contribution is -2.25. The number of carboxylic acids is 1. The van der Waals surface area contributed by atoms with E-state index < -0.39 is 5.97 Å². The molecule has 0 aromatic heterocycles. The minimum atomic E-state index is -0.973. The van der Waals surface area contributed by atoms with E-state index in [0.717, 1.165) is 28.1 Å². The fraction of sp³-hybridized carbons (Fsp3) is 0.111. The summed E-state index contributed by atoms with van der Waals surface area (Å²) in [6, 6.07) is 24.0. The van der Waals surface area contributed by atoms with Crippen LogP contribution < -0.4 is 4.74 Å². The Bertz CT molecular complexity index is 1180. The number of benzene rings is 3. The van der Waals surface area contributed by atoms with Gasteiger partial charge in [-0.15, -0.1) is 0 Å². The van der Waals surface area contributed by atoms with Gasteiger partial charge in [0.05, 0.1) is 24.4 Å². The number of hydrogen-bond donors (Lipinski definition) is 1. The maximum atomic E-state index is 13.3. The molecule has 1 aliphatic heterocycles. The van der Waals surface area contributed by atoms with Gasteiger partial charge in [0, 0.05) is 5.57 Å². The van der Waals surface area contributed by atoms with Crippen LogP contribution in [0.1, 0.15) is 34.0 Å². The molecule has 1 heterocycles. The van der Waals surface area contributed by atoms with Crippen molar-refractivity contribution in [3.8, 4) is 5.75 Å². The molecule has 3 aromatic carbocycles. The normalized spacial score (nSPS) is 14.5. The van der Waals surface area contributed by atoms with Gasteiger partial charge in [-0.05, 0) is 60.0 Å². The zero-order valence-electron chi connectivity index (χ0n) is 17.7. The highest BCUT2D eigenvalue weighted by Gasteiger charge is 2.29. The fourth-order valence-electron chi connectivity index (χ4n) is 3.60. The minimum Gasteiger partial charge on any atom is -0.494 e. The summed E-state index contributed by atoms with van der Waals surface area (Å²) >= 11 is 0. The smallest absolute Gasteiger partial charge is 0.335 e. The van der Waals surface area contributed by atoms with Gasteiger partial charge in [-0.25, -0.2) is 4.79 Å². The summed E-state index contributed by atoms with van der Waals surface area (Å²) < 4.78 is 5.49. The number of aromatic carboxylic acids is 1. The number of nitrogens with zero attached hydrogens (tertiary/aromatic N) is 1. The number of carbonyl (C=O) groups excluding carboxylic acids is 1. The molecule has 32 heavy (non-hydrogen) atoms. The largest absolute Gasteiger partial charge is 0.494 e. The second-order valence-corrected chi connectivity index (χ2v) is 7.39. The van der Waals surface area contributed by atoms with Gasteiger partial charge in [0.2, 0.25) is 0 Å². The number of amides is 1. The maximum absolute atomic E-state index is 13.3. The van der Waals surface area contributed by atoms with Crippen LogP contribution >= 0.6 is 0 Å². The van der Waals surface area contributed by atoms with Crippen LogP contribution in [0.25, 0.3) is 11.8 Å². The van der Waals surface area contributed by atoms with E-state index in [9.17, 15) is 9.59 Å². The molecule has 0 bridgehead atoms. The molecule has 0 fully saturated rings. The predicted molar refractivity (Wildman–Crippen MR) is 124 cm³/mol. The maximum Gasteiger partial charge on any atom is 0.335 e. The summed E-state index contributed by atoms with van der Waals surface area (Å²) in [6.07, 6.45) is 3.77. The molecule has 0 atom stereocenters. The lowest BCUT2D eigenvalue weighted by atomic mass is 10.1. The van der Waals surface area contributed by atoms with Crippen LogP contribution in [0.4, 0.5) is 0 Å². The SMILES string of the molecule is CCOc1ccc(/C=C2\C=C(c3ccccc3)N(Cc3ccc(C(=O)O)cc3)C2=O)cc1. The zero-order valence-corrected chi connectivity index (χ0v) is 17.7. The summed E-state index contributed by atoms with van der Waals surface area (Å²) in [6.45, 7) is 2.89. The first-order valence-corrected chi connectivity index (χ1v) is 10.4. The lowest BCUT2D eigenvalue weighted by Gasteiger charge is -2.21. The van der Waals surface area contributed by atoms with E-state index in [4.69, 9.17) is 9.84 Å². The van der Waals surface area contributed by atoms with Crippen molar-refractivity contribution in [1.29, 1.82) is 0 Å². The summed E-state index contributed by atoms with van der Waals surface area (Å²) in [7, 11) is 0. The van der Waals surface area contributed by atoms with Crippen molar-refractivity contribution in [2.75, 3.05) is 6.61 Å². The highest BCUT2D eigenvalue weighted by molar-refractivity contribution is 6.10. The Morgan fingerprint density at radius 1 is 0.969 bits per heavy atom. The molecule has 0 unspecified atom stereocenters. The van der Waals surface area contributed by atoms with Crippen molar-refractivity contribution in [3.63, 3.8) is 0 Å². The third-order valence-electron chi connectivity index (χ3n) is 5.20. The van der Waals surface area contributed by atoms with Crippen LogP contribution in [-0.4, -0.2) is 28.5 Å². The van der Waals surface area contributed by atoms with Crippen molar-refractivity contribution < 1.29 is 19.4 Å². The molecule has 1 aliphatic rings. The van der Waals surface area contributed by atoms with Gasteiger partial charge in [-0.3, -0.25) is 4.79 Å². The summed E-state index contributed by atoms with van der Waals surface area (Å²) in [5.74, 6) is -0.279. The summed E-state index contributed by atoms with van der Waals surface area (Å²) in [5, 5.41) is 9.13. The van der Waals surface area contributed by atoms with Gasteiger partial charge in [-0.2, -0.15) is 0 Å². The number of carboxylic acid groups (broad SMARTS) is 1. The van der Waals surface area contributed by atoms with Crippen molar-refractivity contribution in [2.45, 2.75) is 13.5 Å². The molecule has 0 aliphatic carbocycles. The molecule has 0 spiro atoms. The van der Waals surface area contributed by atoms with Gasteiger partial charge in [0.15, 0.2) is 0 Å². The second-order valence-electron chi connectivity index (χ2n) is 7.39. The molecule has 5 heteroatoms. The van der Waals surface area contributed by atoms with Crippen LogP contribution in [0, 0.1) is 0 Å². The Labute approximate surface area is 186 Å². The average molecular weight is 425 g/mol. The summed E-state index contributed by atoms with van der Waals surface area (Å²) in [5.41, 5.74) is 4.33. The number of hydrogen-bond acceptors (Lipinski definition) is 3. The highest BCUT2D eigenvalue weighted by atomic mass is 16.5. The van der Waals surface area contributed by atoms with Gasteiger partial charge in [0.25, 0.3) is 5.91 Å². The van der Waals surface area contributed by atoms with E-state index in [1.807, 2.05) is 73.7 Å². The number of rotatable bonds is 7. The summed E-state index contributed by atoms with van der Waals surface area (Å²) in [4.78, 5) is 26.2. The highest BCUT2D eigenvalue weighted by Crippen LogP contribution is 2.32. The second kappa shape index (κ2) is 9.35. The Morgan fingerprint density at radius 3 is 2.28 bits per heavy atom. The molecule has 4 rings (SSSR count). The molecule has 1 amide bonds. The van der Waals surface area contributed by atoms with Crippen LogP contribution in [-0.2, 0) is 11.3 Å². The Hall–Kier alpha value is -4.12. The standard InChI is InChI=1S/C27H23NO4/c1-2-32-24-14-10-19(11-15-24)16-23-17-25(21-6-4-3-5-7-21)28(26(23)29)18-20-8-12-22(13-9-20)27(30)31/h3-17H,2,18H2,1H3,(H,30,31)/b23-16+. The Morgan fingerprint density at radius 2 is 1.66 bits per heavy atom. The minimum absolute atomic E-state index is 0.0972. The first kappa shape index (κ1) is 21.1. The molecule has 0 radical (unpaired) electrons.